The largest absolute Gasteiger partial charge is 0.416 e. The Hall–Kier alpha value is -3.45. The molecular formula is C24H17F3N2OS. The second-order valence-electron chi connectivity index (χ2n) is 6.83. The molecule has 0 aliphatic heterocycles. The summed E-state index contributed by atoms with van der Waals surface area (Å²) in [6.07, 6.45) is -4.46. The van der Waals surface area contributed by atoms with Crippen LogP contribution in [0.25, 0.3) is 21.8 Å². The summed E-state index contributed by atoms with van der Waals surface area (Å²) < 4.78 is 38.8. The fourth-order valence-electron chi connectivity index (χ4n) is 3.12. The molecule has 0 saturated carbocycles. The molecule has 0 spiro atoms. The van der Waals surface area contributed by atoms with Crippen LogP contribution in [0.15, 0.2) is 84.9 Å². The molecule has 0 atom stereocenters. The summed E-state index contributed by atoms with van der Waals surface area (Å²) in [5.41, 5.74) is 1.81. The number of amides is 1. The molecular weight excluding hydrogens is 421 g/mol. The normalized spacial score (nSPS) is 11.3. The third-order valence-corrected chi connectivity index (χ3v) is 5.66. The van der Waals surface area contributed by atoms with Crippen molar-refractivity contribution in [1.29, 1.82) is 0 Å². The van der Waals surface area contributed by atoms with Gasteiger partial charge in [-0.15, -0.1) is 11.3 Å². The van der Waals surface area contributed by atoms with Crippen LogP contribution in [0, 0.1) is 0 Å². The van der Waals surface area contributed by atoms with Gasteiger partial charge >= 0.3 is 6.18 Å². The number of alkyl halides is 3. The Bertz CT molecular complexity index is 1190. The summed E-state index contributed by atoms with van der Waals surface area (Å²) in [6, 6.07) is 23.8. The van der Waals surface area contributed by atoms with Gasteiger partial charge < -0.3 is 5.32 Å². The van der Waals surface area contributed by atoms with Crippen molar-refractivity contribution in [2.75, 3.05) is 5.32 Å². The van der Waals surface area contributed by atoms with Crippen LogP contribution in [-0.4, -0.2) is 10.9 Å². The first-order valence-electron chi connectivity index (χ1n) is 9.48. The second-order valence-corrected chi connectivity index (χ2v) is 7.91. The Labute approximate surface area is 181 Å². The van der Waals surface area contributed by atoms with Gasteiger partial charge in [-0.05, 0) is 18.2 Å². The summed E-state index contributed by atoms with van der Waals surface area (Å²) in [4.78, 5) is 18.2. The highest BCUT2D eigenvalue weighted by atomic mass is 32.1. The van der Waals surface area contributed by atoms with Crippen LogP contribution in [0.2, 0.25) is 0 Å². The molecule has 31 heavy (non-hydrogen) atoms. The van der Waals surface area contributed by atoms with Crippen LogP contribution in [-0.2, 0) is 17.4 Å². The third kappa shape index (κ3) is 5.00. The molecule has 4 aromatic rings. The predicted molar refractivity (Wildman–Crippen MR) is 117 cm³/mol. The van der Waals surface area contributed by atoms with Crippen molar-refractivity contribution in [1.82, 2.24) is 4.98 Å². The number of aromatic nitrogens is 1. The first kappa shape index (κ1) is 20.8. The number of anilines is 1. The Morgan fingerprint density at radius 3 is 2.16 bits per heavy atom. The van der Waals surface area contributed by atoms with E-state index in [4.69, 9.17) is 4.98 Å². The molecule has 1 amide bonds. The van der Waals surface area contributed by atoms with Crippen LogP contribution in [0.5, 0.6) is 0 Å². The minimum Gasteiger partial charge on any atom is -0.326 e. The fourth-order valence-corrected chi connectivity index (χ4v) is 4.21. The molecule has 1 N–H and O–H groups in total. The third-order valence-electron chi connectivity index (χ3n) is 4.56. The van der Waals surface area contributed by atoms with E-state index in [1.807, 2.05) is 60.7 Å². The Morgan fingerprint density at radius 1 is 0.871 bits per heavy atom. The van der Waals surface area contributed by atoms with Gasteiger partial charge in [0.25, 0.3) is 0 Å². The summed E-state index contributed by atoms with van der Waals surface area (Å²) >= 11 is 1.40. The number of rotatable bonds is 5. The Kier molecular flexibility index (Phi) is 5.86. The summed E-state index contributed by atoms with van der Waals surface area (Å²) in [6.45, 7) is 0. The van der Waals surface area contributed by atoms with E-state index in [1.165, 1.54) is 23.5 Å². The van der Waals surface area contributed by atoms with Gasteiger partial charge in [-0.3, -0.25) is 4.79 Å². The minimum atomic E-state index is -4.47. The number of hydrogen-bond donors (Lipinski definition) is 1. The summed E-state index contributed by atoms with van der Waals surface area (Å²) in [7, 11) is 0. The molecule has 4 rings (SSSR count). The van der Waals surface area contributed by atoms with Crippen molar-refractivity contribution in [3.8, 4) is 21.8 Å². The minimum absolute atomic E-state index is 0.00493. The van der Waals surface area contributed by atoms with Crippen molar-refractivity contribution < 1.29 is 18.0 Å². The van der Waals surface area contributed by atoms with Gasteiger partial charge in [-0.2, -0.15) is 13.2 Å². The molecule has 156 valence electrons. The molecule has 7 heteroatoms. The SMILES string of the molecule is O=C(Cc1sc(-c2ccccc2)nc1-c1ccccc1)Nc1cccc(C(F)(F)F)c1. The van der Waals surface area contributed by atoms with E-state index in [0.717, 1.165) is 33.1 Å². The van der Waals surface area contributed by atoms with Crippen LogP contribution in [0.3, 0.4) is 0 Å². The molecule has 1 heterocycles. The van der Waals surface area contributed by atoms with Gasteiger partial charge in [-0.25, -0.2) is 4.98 Å². The smallest absolute Gasteiger partial charge is 0.326 e. The summed E-state index contributed by atoms with van der Waals surface area (Å²) in [5, 5.41) is 3.35. The number of thiazole rings is 1. The van der Waals surface area contributed by atoms with Crippen molar-refractivity contribution >= 4 is 22.9 Å². The van der Waals surface area contributed by atoms with Crippen LogP contribution in [0.4, 0.5) is 18.9 Å². The summed E-state index contributed by atoms with van der Waals surface area (Å²) in [5.74, 6) is -0.403. The van der Waals surface area contributed by atoms with E-state index in [1.54, 1.807) is 0 Å². The Morgan fingerprint density at radius 2 is 1.52 bits per heavy atom. The zero-order valence-corrected chi connectivity index (χ0v) is 17.0. The maximum atomic E-state index is 12.9. The number of hydrogen-bond acceptors (Lipinski definition) is 3. The molecule has 0 aliphatic carbocycles. The van der Waals surface area contributed by atoms with Gasteiger partial charge in [0.2, 0.25) is 5.91 Å². The molecule has 0 radical (unpaired) electrons. The first-order chi connectivity index (χ1) is 14.9. The van der Waals surface area contributed by atoms with Gasteiger partial charge in [0, 0.05) is 21.7 Å². The lowest BCUT2D eigenvalue weighted by Crippen LogP contribution is -2.15. The fraction of sp³-hybridized carbons (Fsp3) is 0.0833. The van der Waals surface area contributed by atoms with E-state index in [0.29, 0.717) is 5.69 Å². The first-order valence-corrected chi connectivity index (χ1v) is 10.3. The zero-order valence-electron chi connectivity index (χ0n) is 16.2. The monoisotopic (exact) mass is 438 g/mol. The molecule has 0 unspecified atom stereocenters. The lowest BCUT2D eigenvalue weighted by Gasteiger charge is -2.10. The maximum absolute atomic E-state index is 12.9. The lowest BCUT2D eigenvalue weighted by atomic mass is 10.1. The second kappa shape index (κ2) is 8.73. The van der Waals surface area contributed by atoms with E-state index in [-0.39, 0.29) is 12.1 Å². The van der Waals surface area contributed by atoms with Crippen molar-refractivity contribution in [2.24, 2.45) is 0 Å². The molecule has 0 bridgehead atoms. The van der Waals surface area contributed by atoms with Crippen molar-refractivity contribution in [3.05, 3.63) is 95.4 Å². The highest BCUT2D eigenvalue weighted by Gasteiger charge is 2.30. The lowest BCUT2D eigenvalue weighted by molar-refractivity contribution is -0.137. The molecule has 0 aliphatic rings. The quantitative estimate of drug-likeness (QED) is 0.378. The van der Waals surface area contributed by atoms with E-state index >= 15 is 0 Å². The topological polar surface area (TPSA) is 42.0 Å². The molecule has 0 fully saturated rings. The van der Waals surface area contributed by atoms with Crippen molar-refractivity contribution in [2.45, 2.75) is 12.6 Å². The number of benzene rings is 3. The van der Waals surface area contributed by atoms with E-state index in [2.05, 4.69) is 5.32 Å². The highest BCUT2D eigenvalue weighted by Crippen LogP contribution is 2.35. The Balaban J connectivity index is 1.61. The molecule has 0 saturated heterocycles. The van der Waals surface area contributed by atoms with Crippen molar-refractivity contribution in [3.63, 3.8) is 0 Å². The average Bonchev–Trinajstić information content (AvgIpc) is 3.18. The van der Waals surface area contributed by atoms with E-state index < -0.39 is 17.6 Å². The van der Waals surface area contributed by atoms with E-state index in [9.17, 15) is 18.0 Å². The van der Waals surface area contributed by atoms with Gasteiger partial charge in [0.05, 0.1) is 17.7 Å². The molecule has 3 nitrogen and oxygen atoms in total. The highest BCUT2D eigenvalue weighted by molar-refractivity contribution is 7.15. The van der Waals surface area contributed by atoms with Gasteiger partial charge in [0.1, 0.15) is 5.01 Å². The number of nitrogens with one attached hydrogen (secondary N) is 1. The van der Waals surface area contributed by atoms with Gasteiger partial charge in [-0.1, -0.05) is 66.7 Å². The van der Waals surface area contributed by atoms with Gasteiger partial charge in [0.15, 0.2) is 0 Å². The van der Waals surface area contributed by atoms with Crippen LogP contribution >= 0.6 is 11.3 Å². The van der Waals surface area contributed by atoms with Crippen LogP contribution in [0.1, 0.15) is 10.4 Å². The average molecular weight is 438 g/mol. The number of nitrogens with zero attached hydrogens (tertiary/aromatic N) is 1. The predicted octanol–water partition coefficient (Wildman–Crippen LogP) is 6.68. The van der Waals surface area contributed by atoms with Crippen LogP contribution < -0.4 is 5.32 Å². The zero-order chi connectivity index (χ0) is 21.8. The number of halogens is 3. The molecule has 3 aromatic carbocycles. The standard InChI is InChI=1S/C24H17F3N2OS/c25-24(26,27)18-12-7-13-19(14-18)28-21(30)15-20-22(16-8-3-1-4-9-16)29-23(31-20)17-10-5-2-6-11-17/h1-14H,15H2,(H,28,30). The maximum Gasteiger partial charge on any atom is 0.416 e. The molecule has 1 aromatic heterocycles. The number of carbonyl (C=O) groups is 1. The number of carbonyl (C=O) groups excluding carboxylic acids is 1.